The quantitative estimate of drug-likeness (QED) is 0.860. The molecule has 2 aromatic rings. The summed E-state index contributed by atoms with van der Waals surface area (Å²) in [5, 5.41) is 4.21. The van der Waals surface area contributed by atoms with Gasteiger partial charge in [-0.1, -0.05) is 54.6 Å². The van der Waals surface area contributed by atoms with Gasteiger partial charge >= 0.3 is 0 Å². The van der Waals surface area contributed by atoms with Crippen LogP contribution in [0.5, 0.6) is 0 Å². The fourth-order valence-corrected chi connectivity index (χ4v) is 3.37. The number of thiocarbonyl (C=S) groups is 1. The summed E-state index contributed by atoms with van der Waals surface area (Å²) in [4.78, 5) is 2.22. The average molecular weight is 310 g/mol. The Labute approximate surface area is 138 Å². The third kappa shape index (κ3) is 3.30. The molecule has 1 atom stereocenters. The molecule has 0 saturated carbocycles. The van der Waals surface area contributed by atoms with Crippen LogP contribution in [0.4, 0.5) is 0 Å². The minimum atomic E-state index is 0.390. The molecule has 2 nitrogen and oxygen atoms in total. The highest BCUT2D eigenvalue weighted by Gasteiger charge is 2.24. The number of hydrogen-bond acceptors (Lipinski definition) is 1. The van der Waals surface area contributed by atoms with E-state index in [2.05, 4.69) is 65.8 Å². The second-order valence-electron chi connectivity index (χ2n) is 5.86. The van der Waals surface area contributed by atoms with Crippen LogP contribution in [0, 0.1) is 0 Å². The maximum Gasteiger partial charge on any atom is 0.169 e. The average Bonchev–Trinajstić information content (AvgIpc) is 2.59. The van der Waals surface area contributed by atoms with Crippen LogP contribution in [-0.2, 0) is 13.0 Å². The number of aryl methyl sites for hydroxylation is 1. The monoisotopic (exact) mass is 310 g/mol. The molecule has 0 heterocycles. The van der Waals surface area contributed by atoms with Crippen LogP contribution < -0.4 is 5.32 Å². The Morgan fingerprint density at radius 1 is 1.14 bits per heavy atom. The van der Waals surface area contributed by atoms with Gasteiger partial charge < -0.3 is 10.2 Å². The van der Waals surface area contributed by atoms with E-state index >= 15 is 0 Å². The summed E-state index contributed by atoms with van der Waals surface area (Å²) in [7, 11) is 2.10. The third-order valence-electron chi connectivity index (χ3n) is 4.41. The van der Waals surface area contributed by atoms with E-state index in [-0.39, 0.29) is 0 Å². The molecule has 0 saturated heterocycles. The Kier molecular flexibility index (Phi) is 4.74. The molecule has 0 fully saturated rings. The Hall–Kier alpha value is -1.87. The van der Waals surface area contributed by atoms with Crippen molar-refractivity contribution in [2.45, 2.75) is 31.8 Å². The largest absolute Gasteiger partial charge is 0.358 e. The minimum absolute atomic E-state index is 0.390. The lowest BCUT2D eigenvalue weighted by Crippen LogP contribution is -2.40. The van der Waals surface area contributed by atoms with Crippen molar-refractivity contribution in [3.63, 3.8) is 0 Å². The Morgan fingerprint density at radius 3 is 2.68 bits per heavy atom. The summed E-state index contributed by atoms with van der Waals surface area (Å²) in [6, 6.07) is 19.5. The van der Waals surface area contributed by atoms with Gasteiger partial charge in [0.2, 0.25) is 0 Å². The molecule has 1 aliphatic carbocycles. The van der Waals surface area contributed by atoms with E-state index in [1.807, 2.05) is 6.07 Å². The van der Waals surface area contributed by atoms with Crippen LogP contribution in [0.1, 0.15) is 35.6 Å². The standard InChI is InChI=1S/C19H22N2S/c1-21(19(22)20-14-15-8-3-2-4-9-15)18-13-7-11-16-10-5-6-12-17(16)18/h2-6,8-10,12,18H,7,11,13-14H2,1H3,(H,20,22)/t18-/m1/s1. The van der Waals surface area contributed by atoms with Gasteiger partial charge in [0.25, 0.3) is 0 Å². The smallest absolute Gasteiger partial charge is 0.169 e. The summed E-state index contributed by atoms with van der Waals surface area (Å²) in [5.74, 6) is 0. The van der Waals surface area contributed by atoms with Crippen molar-refractivity contribution < 1.29 is 0 Å². The van der Waals surface area contributed by atoms with Gasteiger partial charge in [0, 0.05) is 13.6 Å². The van der Waals surface area contributed by atoms with Crippen molar-refractivity contribution in [3.05, 3.63) is 71.3 Å². The highest BCUT2D eigenvalue weighted by Crippen LogP contribution is 2.33. The van der Waals surface area contributed by atoms with Crippen molar-refractivity contribution in [2.24, 2.45) is 0 Å². The van der Waals surface area contributed by atoms with Crippen molar-refractivity contribution in [2.75, 3.05) is 7.05 Å². The summed E-state index contributed by atoms with van der Waals surface area (Å²) in [6.07, 6.45) is 3.58. The lowest BCUT2D eigenvalue weighted by Gasteiger charge is -2.35. The normalized spacial score (nSPS) is 16.7. The Bertz CT molecular complexity index is 639. The summed E-state index contributed by atoms with van der Waals surface area (Å²) in [5.41, 5.74) is 4.15. The van der Waals surface area contributed by atoms with Crippen LogP contribution in [-0.4, -0.2) is 17.1 Å². The predicted octanol–water partition coefficient (Wildman–Crippen LogP) is 4.07. The molecule has 3 heteroatoms. The Morgan fingerprint density at radius 2 is 1.86 bits per heavy atom. The highest BCUT2D eigenvalue weighted by molar-refractivity contribution is 7.80. The molecule has 1 aliphatic rings. The third-order valence-corrected chi connectivity index (χ3v) is 4.84. The topological polar surface area (TPSA) is 15.3 Å². The van der Waals surface area contributed by atoms with Gasteiger partial charge in [0.15, 0.2) is 5.11 Å². The molecule has 0 spiro atoms. The van der Waals surface area contributed by atoms with E-state index in [9.17, 15) is 0 Å². The molecule has 3 rings (SSSR count). The number of fused-ring (bicyclic) bond motifs is 1. The van der Waals surface area contributed by atoms with Gasteiger partial charge in [-0.3, -0.25) is 0 Å². The van der Waals surface area contributed by atoms with E-state index in [1.165, 1.54) is 36.0 Å². The van der Waals surface area contributed by atoms with Crippen LogP contribution in [0.2, 0.25) is 0 Å². The van der Waals surface area contributed by atoms with E-state index in [0.717, 1.165) is 11.7 Å². The van der Waals surface area contributed by atoms with Crippen LogP contribution >= 0.6 is 12.2 Å². The first-order valence-electron chi connectivity index (χ1n) is 7.88. The number of hydrogen-bond donors (Lipinski definition) is 1. The predicted molar refractivity (Wildman–Crippen MR) is 95.8 cm³/mol. The molecular weight excluding hydrogens is 288 g/mol. The van der Waals surface area contributed by atoms with Crippen molar-refractivity contribution in [1.29, 1.82) is 0 Å². The number of benzene rings is 2. The molecule has 0 amide bonds. The fourth-order valence-electron chi connectivity index (χ4n) is 3.17. The number of nitrogens with one attached hydrogen (secondary N) is 1. The van der Waals surface area contributed by atoms with Gasteiger partial charge in [-0.15, -0.1) is 0 Å². The fraction of sp³-hybridized carbons (Fsp3) is 0.316. The zero-order valence-corrected chi connectivity index (χ0v) is 13.8. The van der Waals surface area contributed by atoms with Gasteiger partial charge in [-0.05, 0) is 48.2 Å². The first-order chi connectivity index (χ1) is 10.8. The van der Waals surface area contributed by atoms with Crippen molar-refractivity contribution >= 4 is 17.3 Å². The SMILES string of the molecule is CN(C(=S)NCc1ccccc1)[C@@H]1CCCc2ccccc21. The number of rotatable bonds is 3. The maximum absolute atomic E-state index is 5.60. The number of nitrogens with zero attached hydrogens (tertiary/aromatic N) is 1. The maximum atomic E-state index is 5.60. The van der Waals surface area contributed by atoms with E-state index in [1.54, 1.807) is 0 Å². The second-order valence-corrected chi connectivity index (χ2v) is 6.25. The van der Waals surface area contributed by atoms with Gasteiger partial charge in [-0.25, -0.2) is 0 Å². The lowest BCUT2D eigenvalue weighted by atomic mass is 9.87. The van der Waals surface area contributed by atoms with Crippen molar-refractivity contribution in [1.82, 2.24) is 10.2 Å². The first-order valence-corrected chi connectivity index (χ1v) is 8.29. The van der Waals surface area contributed by atoms with Gasteiger partial charge in [0.1, 0.15) is 0 Å². The minimum Gasteiger partial charge on any atom is -0.358 e. The van der Waals surface area contributed by atoms with Crippen LogP contribution in [0.15, 0.2) is 54.6 Å². The highest BCUT2D eigenvalue weighted by atomic mass is 32.1. The van der Waals surface area contributed by atoms with Gasteiger partial charge in [0.05, 0.1) is 6.04 Å². The van der Waals surface area contributed by atoms with Crippen LogP contribution in [0.25, 0.3) is 0 Å². The molecule has 0 bridgehead atoms. The van der Waals surface area contributed by atoms with Crippen LogP contribution in [0.3, 0.4) is 0 Å². The molecule has 2 aromatic carbocycles. The summed E-state index contributed by atoms with van der Waals surface area (Å²) in [6.45, 7) is 0.776. The summed E-state index contributed by atoms with van der Waals surface area (Å²) < 4.78 is 0. The molecule has 22 heavy (non-hydrogen) atoms. The molecule has 1 N–H and O–H groups in total. The lowest BCUT2D eigenvalue weighted by molar-refractivity contribution is 0.328. The summed E-state index contributed by atoms with van der Waals surface area (Å²) >= 11 is 5.60. The Balaban J connectivity index is 1.66. The molecule has 0 radical (unpaired) electrons. The molecule has 0 aliphatic heterocycles. The first kappa shape index (κ1) is 15.0. The second kappa shape index (κ2) is 6.93. The van der Waals surface area contributed by atoms with E-state index in [4.69, 9.17) is 12.2 Å². The van der Waals surface area contributed by atoms with Gasteiger partial charge in [-0.2, -0.15) is 0 Å². The van der Waals surface area contributed by atoms with Crippen molar-refractivity contribution in [3.8, 4) is 0 Å². The molecular formula is C19H22N2S. The zero-order valence-electron chi connectivity index (χ0n) is 13.0. The molecule has 0 unspecified atom stereocenters. The van der Waals surface area contributed by atoms with E-state index < -0.39 is 0 Å². The molecule has 0 aromatic heterocycles. The zero-order chi connectivity index (χ0) is 15.4. The molecule has 114 valence electrons. The van der Waals surface area contributed by atoms with E-state index in [0.29, 0.717) is 6.04 Å².